The van der Waals surface area contributed by atoms with Crippen LogP contribution in [0.5, 0.6) is 0 Å². The van der Waals surface area contributed by atoms with Crippen LogP contribution in [0.1, 0.15) is 80.7 Å². The second kappa shape index (κ2) is 11.7. The molecule has 6 rings (SSSR count). The van der Waals surface area contributed by atoms with E-state index in [1.165, 1.54) is 0 Å². The van der Waals surface area contributed by atoms with Gasteiger partial charge in [0.25, 0.3) is 5.56 Å². The first-order valence-electron chi connectivity index (χ1n) is 15.1. The van der Waals surface area contributed by atoms with Gasteiger partial charge >= 0.3 is 0 Å². The number of halogens is 1. The zero-order valence-electron chi connectivity index (χ0n) is 25.4. The third-order valence-electron chi connectivity index (χ3n) is 8.19. The number of rotatable bonds is 10. The summed E-state index contributed by atoms with van der Waals surface area (Å²) in [6, 6.07) is 12.8. The van der Waals surface area contributed by atoms with Gasteiger partial charge in [0.2, 0.25) is 11.7 Å². The molecule has 1 amide bonds. The van der Waals surface area contributed by atoms with Crippen LogP contribution in [-0.4, -0.2) is 54.2 Å². The maximum absolute atomic E-state index is 16.6. The first-order chi connectivity index (χ1) is 21.0. The molecule has 0 unspecified atom stereocenters. The molecule has 2 aromatic heterocycles. The number of aromatic nitrogens is 4. The summed E-state index contributed by atoms with van der Waals surface area (Å²) in [4.78, 5) is 31.0. The van der Waals surface area contributed by atoms with Gasteiger partial charge < -0.3 is 9.84 Å². The second-order valence-corrected chi connectivity index (χ2v) is 12.4. The van der Waals surface area contributed by atoms with E-state index in [9.17, 15) is 14.7 Å². The van der Waals surface area contributed by atoms with Gasteiger partial charge in [0.15, 0.2) is 0 Å². The normalized spacial score (nSPS) is 18.4. The molecule has 230 valence electrons. The van der Waals surface area contributed by atoms with Gasteiger partial charge in [-0.1, -0.05) is 55.8 Å². The van der Waals surface area contributed by atoms with Crippen molar-refractivity contribution in [2.75, 3.05) is 6.61 Å². The zero-order valence-corrected chi connectivity index (χ0v) is 25.4. The molecule has 11 heteroatoms. The van der Waals surface area contributed by atoms with Gasteiger partial charge in [0.05, 0.1) is 36.1 Å². The Balaban J connectivity index is 1.44. The van der Waals surface area contributed by atoms with Gasteiger partial charge in [-0.05, 0) is 56.7 Å². The SMILES string of the molecule is CCCc1c(Cc2ccc(-c3ccccc3)c(C3=NNC(=O)C3)c2F)c(=O)n(C2CC(OCC(C)(C)O)C2)c2nc(C)nn12. The molecular weight excluding hydrogens is 563 g/mol. The number of nitrogens with one attached hydrogen (secondary N) is 1. The van der Waals surface area contributed by atoms with Crippen molar-refractivity contribution in [1.82, 2.24) is 24.6 Å². The Kier molecular flexibility index (Phi) is 7.93. The van der Waals surface area contributed by atoms with Gasteiger partial charge in [0, 0.05) is 23.6 Å². The summed E-state index contributed by atoms with van der Waals surface area (Å²) in [7, 11) is 0. The highest BCUT2D eigenvalue weighted by atomic mass is 19.1. The van der Waals surface area contributed by atoms with Crippen LogP contribution < -0.4 is 11.0 Å². The van der Waals surface area contributed by atoms with Crippen molar-refractivity contribution in [3.05, 3.63) is 86.8 Å². The summed E-state index contributed by atoms with van der Waals surface area (Å²) in [5.74, 6) is 0.206. The van der Waals surface area contributed by atoms with E-state index in [0.717, 1.165) is 12.0 Å². The van der Waals surface area contributed by atoms with E-state index in [4.69, 9.17) is 4.74 Å². The monoisotopic (exact) mass is 600 g/mol. The van der Waals surface area contributed by atoms with Crippen LogP contribution in [0.2, 0.25) is 0 Å². The predicted molar refractivity (Wildman–Crippen MR) is 164 cm³/mol. The fourth-order valence-electron chi connectivity index (χ4n) is 6.03. The van der Waals surface area contributed by atoms with Crippen molar-refractivity contribution in [3.63, 3.8) is 0 Å². The first kappa shape index (κ1) is 29.8. The Morgan fingerprint density at radius 2 is 1.89 bits per heavy atom. The average molecular weight is 601 g/mol. The van der Waals surface area contributed by atoms with Crippen molar-refractivity contribution in [1.29, 1.82) is 0 Å². The maximum Gasteiger partial charge on any atom is 0.259 e. The summed E-state index contributed by atoms with van der Waals surface area (Å²) in [5.41, 5.74) is 4.79. The van der Waals surface area contributed by atoms with Gasteiger partial charge in [-0.25, -0.2) is 14.3 Å². The van der Waals surface area contributed by atoms with E-state index in [1.807, 2.05) is 43.3 Å². The summed E-state index contributed by atoms with van der Waals surface area (Å²) in [6.07, 6.45) is 2.42. The number of aryl methyl sites for hydroxylation is 2. The molecule has 0 saturated heterocycles. The fourth-order valence-corrected chi connectivity index (χ4v) is 6.03. The highest BCUT2D eigenvalue weighted by Gasteiger charge is 2.36. The molecule has 0 bridgehead atoms. The molecule has 0 spiro atoms. The summed E-state index contributed by atoms with van der Waals surface area (Å²) in [6.45, 7) is 7.40. The van der Waals surface area contributed by atoms with Gasteiger partial charge in [0.1, 0.15) is 11.6 Å². The molecule has 1 aliphatic heterocycles. The Bertz CT molecular complexity index is 1820. The molecule has 0 radical (unpaired) electrons. The lowest BCUT2D eigenvalue weighted by Gasteiger charge is -2.37. The molecular formula is C33H37FN6O4. The molecule has 4 aromatic rings. The summed E-state index contributed by atoms with van der Waals surface area (Å²) < 4.78 is 25.9. The Hall–Kier alpha value is -4.22. The molecule has 1 saturated carbocycles. The van der Waals surface area contributed by atoms with Crippen LogP contribution in [0.25, 0.3) is 16.9 Å². The minimum atomic E-state index is -0.944. The lowest BCUT2D eigenvalue weighted by Crippen LogP contribution is -2.42. The molecule has 2 N–H and O–H groups in total. The first-order valence-corrected chi connectivity index (χ1v) is 15.1. The van der Waals surface area contributed by atoms with Crippen LogP contribution in [0.15, 0.2) is 52.4 Å². The number of benzene rings is 2. The summed E-state index contributed by atoms with van der Waals surface area (Å²) in [5, 5.41) is 18.9. The average Bonchev–Trinajstić information content (AvgIpc) is 3.56. The topological polar surface area (TPSA) is 123 Å². The number of ether oxygens (including phenoxy) is 1. The van der Waals surface area contributed by atoms with E-state index < -0.39 is 11.4 Å². The molecule has 1 aliphatic carbocycles. The Morgan fingerprint density at radius 3 is 2.55 bits per heavy atom. The molecule has 2 aliphatic rings. The number of hydrogen-bond donors (Lipinski definition) is 2. The number of nitrogens with zero attached hydrogens (tertiary/aromatic N) is 5. The lowest BCUT2D eigenvalue weighted by atomic mass is 9.88. The molecule has 44 heavy (non-hydrogen) atoms. The molecule has 3 heterocycles. The second-order valence-electron chi connectivity index (χ2n) is 12.4. The van der Waals surface area contributed by atoms with E-state index in [0.29, 0.717) is 59.0 Å². The van der Waals surface area contributed by atoms with Crippen LogP contribution >= 0.6 is 0 Å². The van der Waals surface area contributed by atoms with E-state index >= 15 is 4.39 Å². The van der Waals surface area contributed by atoms with Gasteiger partial charge in [-0.15, -0.1) is 0 Å². The molecule has 2 aromatic carbocycles. The maximum atomic E-state index is 16.6. The minimum absolute atomic E-state index is 0.0311. The van der Waals surface area contributed by atoms with Crippen molar-refractivity contribution in [2.24, 2.45) is 5.10 Å². The smallest absolute Gasteiger partial charge is 0.259 e. The molecule has 1 fully saturated rings. The van der Waals surface area contributed by atoms with Crippen molar-refractivity contribution >= 4 is 17.4 Å². The number of hydrogen-bond acceptors (Lipinski definition) is 7. The largest absolute Gasteiger partial charge is 0.388 e. The quantitative estimate of drug-likeness (QED) is 0.280. The Labute approximate surface area is 254 Å². The number of carbonyl (C=O) groups is 1. The van der Waals surface area contributed by atoms with Crippen molar-refractivity contribution < 1.29 is 19.0 Å². The highest BCUT2D eigenvalue weighted by molar-refractivity contribution is 6.16. The van der Waals surface area contributed by atoms with E-state index in [-0.39, 0.29) is 48.6 Å². The third kappa shape index (κ3) is 5.69. The number of amides is 1. The van der Waals surface area contributed by atoms with Crippen molar-refractivity contribution in [3.8, 4) is 11.1 Å². The van der Waals surface area contributed by atoms with Gasteiger partial charge in [-0.2, -0.15) is 15.2 Å². The lowest BCUT2D eigenvalue weighted by molar-refractivity contribution is -0.119. The predicted octanol–water partition coefficient (Wildman–Crippen LogP) is 4.26. The van der Waals surface area contributed by atoms with Crippen LogP contribution in [-0.2, 0) is 22.4 Å². The minimum Gasteiger partial charge on any atom is -0.388 e. The molecule has 10 nitrogen and oxygen atoms in total. The van der Waals surface area contributed by atoms with E-state index in [1.54, 1.807) is 35.9 Å². The van der Waals surface area contributed by atoms with Gasteiger partial charge in [-0.3, -0.25) is 14.2 Å². The zero-order chi connectivity index (χ0) is 31.2. The fraction of sp³-hybridized carbons (Fsp3) is 0.424. The van der Waals surface area contributed by atoms with Crippen molar-refractivity contribution in [2.45, 2.75) is 84.0 Å². The summed E-state index contributed by atoms with van der Waals surface area (Å²) >= 11 is 0. The van der Waals surface area contributed by atoms with Crippen LogP contribution in [0, 0.1) is 12.7 Å². The highest BCUT2D eigenvalue weighted by Crippen LogP contribution is 2.36. The van der Waals surface area contributed by atoms with Crippen LogP contribution in [0.4, 0.5) is 4.39 Å². The number of hydrazone groups is 1. The number of fused-ring (bicyclic) bond motifs is 1. The van der Waals surface area contributed by atoms with E-state index in [2.05, 4.69) is 20.6 Å². The third-order valence-corrected chi connectivity index (χ3v) is 8.19. The molecule has 0 atom stereocenters. The number of aliphatic hydroxyl groups is 1. The Morgan fingerprint density at radius 1 is 1.14 bits per heavy atom. The standard InChI is InChI=1S/C33H37FN6O4/c1-5-9-27-25(31(42)39(32-35-19(2)38-40(27)32)22-15-23(16-22)44-18-33(3,4)43)14-21-12-13-24(20-10-7-6-8-11-20)29(30(21)34)26-17-28(41)37-36-26/h6-8,10-13,22-23,43H,5,9,14-18H2,1-4H3,(H,37,41). The van der Waals surface area contributed by atoms with Crippen LogP contribution in [0.3, 0.4) is 0 Å². The number of carbonyl (C=O) groups excluding carboxylic acids is 1.